The number of hydrogen-bond donors (Lipinski definition) is 3. The first-order chi connectivity index (χ1) is 13.3. The van der Waals surface area contributed by atoms with Gasteiger partial charge in [0.15, 0.2) is 5.96 Å². The number of nitrogens with one attached hydrogen (secondary N) is 2. The van der Waals surface area contributed by atoms with Crippen LogP contribution in [-0.4, -0.2) is 55.6 Å². The summed E-state index contributed by atoms with van der Waals surface area (Å²) in [5.41, 5.74) is 0.786. The van der Waals surface area contributed by atoms with Crippen LogP contribution in [0.1, 0.15) is 34.6 Å². The van der Waals surface area contributed by atoms with Crippen LogP contribution in [0.15, 0.2) is 46.8 Å². The lowest BCUT2D eigenvalue weighted by atomic mass is 10.1. The highest BCUT2D eigenvalue weighted by Crippen LogP contribution is 2.25. The molecule has 1 aromatic carbocycles. The number of thiophene rings is 1. The van der Waals surface area contributed by atoms with E-state index in [9.17, 15) is 9.90 Å². The van der Waals surface area contributed by atoms with Gasteiger partial charge in [-0.05, 0) is 49.4 Å². The van der Waals surface area contributed by atoms with E-state index in [-0.39, 0.29) is 12.5 Å². The van der Waals surface area contributed by atoms with E-state index in [0.717, 1.165) is 23.4 Å². The molecule has 1 aromatic heterocycles. The van der Waals surface area contributed by atoms with Gasteiger partial charge in [0.1, 0.15) is 5.60 Å². The van der Waals surface area contributed by atoms with E-state index in [0.29, 0.717) is 18.1 Å². The van der Waals surface area contributed by atoms with Crippen LogP contribution in [0.2, 0.25) is 0 Å². The van der Waals surface area contributed by atoms with Crippen LogP contribution < -0.4 is 10.6 Å². The first kappa shape index (κ1) is 21.9. The van der Waals surface area contributed by atoms with Crippen molar-refractivity contribution >= 4 is 23.2 Å². The molecule has 0 aliphatic carbocycles. The third-order valence-corrected chi connectivity index (χ3v) is 5.35. The number of aliphatic hydroxyl groups is 1. The summed E-state index contributed by atoms with van der Waals surface area (Å²) in [7, 11) is 3.50. The smallest absolute Gasteiger partial charge is 0.253 e. The van der Waals surface area contributed by atoms with Gasteiger partial charge in [0, 0.05) is 37.6 Å². The van der Waals surface area contributed by atoms with Gasteiger partial charge in [-0.25, -0.2) is 4.99 Å². The third-order valence-electron chi connectivity index (χ3n) is 4.23. The van der Waals surface area contributed by atoms with E-state index in [1.54, 1.807) is 25.9 Å². The van der Waals surface area contributed by atoms with Crippen LogP contribution in [0, 0.1) is 0 Å². The van der Waals surface area contributed by atoms with Crippen molar-refractivity contribution < 1.29 is 9.90 Å². The summed E-state index contributed by atoms with van der Waals surface area (Å²) in [6.07, 6.45) is 0.764. The Hall–Kier alpha value is -2.38. The molecule has 2 rings (SSSR count). The van der Waals surface area contributed by atoms with Crippen LogP contribution >= 0.6 is 11.3 Å². The minimum atomic E-state index is -0.989. The van der Waals surface area contributed by atoms with E-state index in [1.807, 2.05) is 48.7 Å². The van der Waals surface area contributed by atoms with Crippen LogP contribution in [0.25, 0.3) is 0 Å². The lowest BCUT2D eigenvalue weighted by Crippen LogP contribution is -2.39. The van der Waals surface area contributed by atoms with Crippen LogP contribution in [0.5, 0.6) is 0 Å². The van der Waals surface area contributed by atoms with Crippen LogP contribution in [-0.2, 0) is 12.0 Å². The maximum atomic E-state index is 12.1. The average Bonchev–Trinajstić information content (AvgIpc) is 3.21. The number of carbonyl (C=O) groups excluding carboxylic acids is 1. The molecule has 1 unspecified atom stereocenters. The average molecular weight is 403 g/mol. The second kappa shape index (κ2) is 10.2. The lowest BCUT2D eigenvalue weighted by molar-refractivity contribution is 0.0711. The van der Waals surface area contributed by atoms with Gasteiger partial charge < -0.3 is 20.6 Å². The standard InChI is InChI=1S/C21H30N4O2S/c1-5-22-20(24-15-21(2,27)18-10-7-13-28-18)23-12-11-16-8-6-9-17(14-16)19(26)25(3)4/h6-10,13-14,27H,5,11-12,15H2,1-4H3,(H2,22,23,24). The topological polar surface area (TPSA) is 77.0 Å². The summed E-state index contributed by atoms with van der Waals surface area (Å²) < 4.78 is 0. The molecule has 7 heteroatoms. The van der Waals surface area contributed by atoms with Crippen molar-refractivity contribution in [1.82, 2.24) is 15.5 Å². The maximum Gasteiger partial charge on any atom is 0.253 e. The Bertz CT molecular complexity index is 785. The molecule has 0 spiro atoms. The molecule has 0 saturated carbocycles. The normalized spacial score (nSPS) is 13.7. The van der Waals surface area contributed by atoms with Crippen molar-refractivity contribution in [3.8, 4) is 0 Å². The quantitative estimate of drug-likeness (QED) is 0.468. The molecule has 1 amide bonds. The van der Waals surface area contributed by atoms with Crippen molar-refractivity contribution in [3.05, 3.63) is 57.8 Å². The Labute approximate surface area is 171 Å². The van der Waals surface area contributed by atoms with Gasteiger partial charge in [-0.1, -0.05) is 18.2 Å². The minimum Gasteiger partial charge on any atom is -0.383 e. The molecule has 2 aromatic rings. The Balaban J connectivity index is 1.95. The molecule has 1 atom stereocenters. The highest BCUT2D eigenvalue weighted by molar-refractivity contribution is 7.10. The summed E-state index contributed by atoms with van der Waals surface area (Å²) >= 11 is 1.52. The Kier molecular flexibility index (Phi) is 8.02. The summed E-state index contributed by atoms with van der Waals surface area (Å²) in [5, 5.41) is 19.1. The Morgan fingerprint density at radius 2 is 2.04 bits per heavy atom. The Morgan fingerprint density at radius 3 is 2.68 bits per heavy atom. The number of rotatable bonds is 8. The molecule has 152 valence electrons. The summed E-state index contributed by atoms with van der Waals surface area (Å²) in [5.74, 6) is 0.667. The zero-order valence-corrected chi connectivity index (χ0v) is 17.8. The number of aliphatic imine (C=N–C) groups is 1. The van der Waals surface area contributed by atoms with Crippen molar-refractivity contribution in [2.24, 2.45) is 4.99 Å². The zero-order chi connectivity index (χ0) is 20.6. The fourth-order valence-electron chi connectivity index (χ4n) is 2.68. The van der Waals surface area contributed by atoms with Gasteiger partial charge in [0.05, 0.1) is 6.54 Å². The monoisotopic (exact) mass is 402 g/mol. The van der Waals surface area contributed by atoms with Crippen molar-refractivity contribution in [2.45, 2.75) is 25.9 Å². The molecule has 1 heterocycles. The molecule has 0 fully saturated rings. The number of carbonyl (C=O) groups is 1. The van der Waals surface area contributed by atoms with E-state index in [4.69, 9.17) is 0 Å². The number of guanidine groups is 1. The Morgan fingerprint density at radius 1 is 1.25 bits per heavy atom. The first-order valence-electron chi connectivity index (χ1n) is 9.42. The molecule has 6 nitrogen and oxygen atoms in total. The largest absolute Gasteiger partial charge is 0.383 e. The number of nitrogens with zero attached hydrogens (tertiary/aromatic N) is 2. The lowest BCUT2D eigenvalue weighted by Gasteiger charge is -2.20. The molecule has 0 bridgehead atoms. The van der Waals surface area contributed by atoms with Crippen molar-refractivity contribution in [1.29, 1.82) is 0 Å². The molecular weight excluding hydrogens is 372 g/mol. The fraction of sp³-hybridized carbons (Fsp3) is 0.429. The SMILES string of the molecule is CCNC(=NCC(C)(O)c1cccs1)NCCc1cccc(C(=O)N(C)C)c1. The summed E-state index contributed by atoms with van der Waals surface area (Å²) in [6.45, 7) is 5.46. The molecule has 0 aliphatic heterocycles. The van der Waals surface area contributed by atoms with Crippen LogP contribution in [0.3, 0.4) is 0 Å². The molecular formula is C21H30N4O2S. The first-order valence-corrected chi connectivity index (χ1v) is 10.3. The van der Waals surface area contributed by atoms with Gasteiger partial charge in [0.25, 0.3) is 5.91 Å². The molecule has 28 heavy (non-hydrogen) atoms. The van der Waals surface area contributed by atoms with Gasteiger partial charge >= 0.3 is 0 Å². The van der Waals surface area contributed by atoms with Crippen molar-refractivity contribution in [2.75, 3.05) is 33.7 Å². The number of benzene rings is 1. The predicted octanol–water partition coefficient (Wildman–Crippen LogP) is 2.46. The highest BCUT2D eigenvalue weighted by atomic mass is 32.1. The number of amides is 1. The van der Waals surface area contributed by atoms with Gasteiger partial charge in [0.2, 0.25) is 0 Å². The molecule has 3 N–H and O–H groups in total. The zero-order valence-electron chi connectivity index (χ0n) is 17.0. The fourth-order valence-corrected chi connectivity index (χ4v) is 3.46. The number of hydrogen-bond acceptors (Lipinski definition) is 4. The predicted molar refractivity (Wildman–Crippen MR) is 116 cm³/mol. The van der Waals surface area contributed by atoms with E-state index in [2.05, 4.69) is 15.6 Å². The third kappa shape index (κ3) is 6.35. The molecule has 0 radical (unpaired) electrons. The second-order valence-electron chi connectivity index (χ2n) is 7.02. The second-order valence-corrected chi connectivity index (χ2v) is 7.97. The highest BCUT2D eigenvalue weighted by Gasteiger charge is 2.23. The van der Waals surface area contributed by atoms with Gasteiger partial charge in [-0.2, -0.15) is 0 Å². The summed E-state index contributed by atoms with van der Waals surface area (Å²) in [6, 6.07) is 11.5. The minimum absolute atomic E-state index is 0.000480. The van der Waals surface area contributed by atoms with E-state index in [1.165, 1.54) is 11.3 Å². The summed E-state index contributed by atoms with van der Waals surface area (Å²) in [4.78, 5) is 19.1. The molecule has 0 saturated heterocycles. The van der Waals surface area contributed by atoms with E-state index < -0.39 is 5.60 Å². The van der Waals surface area contributed by atoms with Gasteiger partial charge in [-0.15, -0.1) is 11.3 Å². The van der Waals surface area contributed by atoms with E-state index >= 15 is 0 Å². The maximum absolute atomic E-state index is 12.1. The van der Waals surface area contributed by atoms with Crippen LogP contribution in [0.4, 0.5) is 0 Å². The molecule has 0 aliphatic rings. The van der Waals surface area contributed by atoms with Gasteiger partial charge in [-0.3, -0.25) is 4.79 Å². The van der Waals surface area contributed by atoms with Crippen molar-refractivity contribution in [3.63, 3.8) is 0 Å².